The van der Waals surface area contributed by atoms with Crippen molar-refractivity contribution in [2.24, 2.45) is 29.4 Å². The summed E-state index contributed by atoms with van der Waals surface area (Å²) >= 11 is 0. The largest absolute Gasteiger partial charge is 0.348 e. The Morgan fingerprint density at radius 1 is 0.614 bits per heavy atom. The topological polar surface area (TPSA) is 275 Å². The van der Waals surface area contributed by atoms with Gasteiger partial charge in [-0.25, -0.2) is 4.98 Å². The summed E-state index contributed by atoms with van der Waals surface area (Å²) in [5.41, 5.74) is 6.23. The van der Waals surface area contributed by atoms with Crippen molar-refractivity contribution < 1.29 is 38.4 Å². The minimum atomic E-state index is -1.23. The molecule has 0 fully saturated rings. The Morgan fingerprint density at radius 3 is 1.47 bits per heavy atom. The third-order valence-electron chi connectivity index (χ3n) is 9.17. The third kappa shape index (κ3) is 18.3. The number of aromatic nitrogens is 2. The summed E-state index contributed by atoms with van der Waals surface area (Å²) in [5.74, 6) is -4.68. The van der Waals surface area contributed by atoms with Crippen LogP contribution in [0.5, 0.6) is 0 Å². The quantitative estimate of drug-likeness (QED) is 0.0602. The molecule has 10 N–H and O–H groups in total. The van der Waals surface area contributed by atoms with Gasteiger partial charge in [0.2, 0.25) is 41.4 Å². The van der Waals surface area contributed by atoms with Crippen LogP contribution in [0, 0.1) is 23.7 Å². The van der Waals surface area contributed by atoms with Crippen molar-refractivity contribution in [2.75, 3.05) is 0 Å². The molecule has 7 amide bonds. The van der Waals surface area contributed by atoms with Gasteiger partial charge in [0.1, 0.15) is 42.5 Å². The van der Waals surface area contributed by atoms with Gasteiger partial charge in [-0.2, -0.15) is 0 Å². The molecular weight excluding hydrogens is 736 g/mol. The Balaban J connectivity index is 3.26. The zero-order valence-electron chi connectivity index (χ0n) is 35.5. The molecule has 1 heterocycles. The van der Waals surface area contributed by atoms with Crippen LogP contribution in [0.1, 0.15) is 108 Å². The fraction of sp³-hybridized carbons (Fsp3) is 0.718. The predicted octanol–water partition coefficient (Wildman–Crippen LogP) is 0.116. The Labute approximate surface area is 336 Å². The van der Waals surface area contributed by atoms with E-state index in [1.807, 2.05) is 48.5 Å². The number of aldehydes is 1. The first-order valence-electron chi connectivity index (χ1n) is 19.9. The number of imidazole rings is 1. The van der Waals surface area contributed by atoms with Crippen LogP contribution in [0.2, 0.25) is 0 Å². The molecule has 1 aromatic heterocycles. The number of hydrogen-bond acceptors (Lipinski definition) is 10. The molecule has 1 rings (SSSR count). The first kappa shape index (κ1) is 50.1. The van der Waals surface area contributed by atoms with E-state index < -0.39 is 89.7 Å². The van der Waals surface area contributed by atoms with Crippen LogP contribution in [-0.4, -0.2) is 106 Å². The lowest BCUT2D eigenvalue weighted by atomic mass is 9.96. The molecule has 18 heteroatoms. The summed E-state index contributed by atoms with van der Waals surface area (Å²) in [6.07, 6.45) is 4.68. The van der Waals surface area contributed by atoms with Crippen molar-refractivity contribution in [3.63, 3.8) is 0 Å². The van der Waals surface area contributed by atoms with Crippen molar-refractivity contribution in [2.45, 2.75) is 157 Å². The fourth-order valence-electron chi connectivity index (χ4n) is 5.76. The predicted molar refractivity (Wildman–Crippen MR) is 215 cm³/mol. The van der Waals surface area contributed by atoms with Crippen LogP contribution >= 0.6 is 0 Å². The Bertz CT molecular complexity index is 1480. The van der Waals surface area contributed by atoms with Gasteiger partial charge in [0.15, 0.2) is 0 Å². The van der Waals surface area contributed by atoms with Gasteiger partial charge >= 0.3 is 0 Å². The lowest BCUT2D eigenvalue weighted by molar-refractivity contribution is -0.136. The Morgan fingerprint density at radius 2 is 1.05 bits per heavy atom. The highest BCUT2D eigenvalue weighted by molar-refractivity contribution is 5.97. The third-order valence-corrected chi connectivity index (χ3v) is 9.17. The van der Waals surface area contributed by atoms with Crippen LogP contribution < -0.4 is 43.0 Å². The van der Waals surface area contributed by atoms with Gasteiger partial charge in [0, 0.05) is 18.3 Å². The standard InChI is InChI=1S/C39H68N10O8/c1-12-23(8)32(49-33(51)25(10)40)39(57)48-30(15-22(6)7)38(56)47-31(16-27-17-41-19-42-27)36(54)44-26(11)34(52)45-29(14-21(4)5)37(55)46-28(13-20(2)3)35(53)43-24(9)18-50/h17-26,28-32H,12-16,40H2,1-11H3,(H,41,42)(H,43,53)(H,44,54)(H,45,52)(H,46,55)(H,47,56)(H,48,57)(H,49,51)/t23-,24-,25-,26-,28-,29-,30-,31-,32-/m0/s1. The van der Waals surface area contributed by atoms with Crippen LogP contribution in [0.4, 0.5) is 0 Å². The van der Waals surface area contributed by atoms with E-state index in [1.54, 1.807) is 6.92 Å². The maximum absolute atomic E-state index is 13.9. The molecular formula is C39H68N10O8. The molecule has 57 heavy (non-hydrogen) atoms. The number of aromatic amines is 1. The summed E-state index contributed by atoms with van der Waals surface area (Å²) in [6.45, 7) is 19.3. The van der Waals surface area contributed by atoms with Crippen molar-refractivity contribution in [3.8, 4) is 0 Å². The number of hydrogen-bond donors (Lipinski definition) is 9. The van der Waals surface area contributed by atoms with Crippen LogP contribution in [0.15, 0.2) is 12.5 Å². The van der Waals surface area contributed by atoms with E-state index in [-0.39, 0.29) is 49.4 Å². The number of rotatable bonds is 25. The molecule has 0 saturated heterocycles. The molecule has 0 aromatic carbocycles. The van der Waals surface area contributed by atoms with Crippen LogP contribution in [0.3, 0.4) is 0 Å². The number of carbonyl (C=O) groups is 8. The molecule has 0 saturated carbocycles. The molecule has 18 nitrogen and oxygen atoms in total. The van der Waals surface area contributed by atoms with Crippen molar-refractivity contribution in [1.82, 2.24) is 47.2 Å². The fourth-order valence-corrected chi connectivity index (χ4v) is 5.76. The summed E-state index contributed by atoms with van der Waals surface area (Å²) in [7, 11) is 0. The highest BCUT2D eigenvalue weighted by Gasteiger charge is 2.34. The van der Waals surface area contributed by atoms with Gasteiger partial charge in [-0.3, -0.25) is 33.6 Å². The van der Waals surface area contributed by atoms with Crippen LogP contribution in [-0.2, 0) is 44.8 Å². The molecule has 1 aromatic rings. The molecule has 0 aliphatic heterocycles. The van der Waals surface area contributed by atoms with Crippen molar-refractivity contribution in [3.05, 3.63) is 18.2 Å². The van der Waals surface area contributed by atoms with E-state index >= 15 is 0 Å². The summed E-state index contributed by atoms with van der Waals surface area (Å²) in [5, 5.41) is 18.7. The van der Waals surface area contributed by atoms with E-state index in [9.17, 15) is 38.4 Å². The Hall–Kier alpha value is -4.87. The maximum Gasteiger partial charge on any atom is 0.243 e. The minimum absolute atomic E-state index is 0.0164. The average molecular weight is 805 g/mol. The number of nitrogens with two attached hydrogens (primary N) is 1. The number of amides is 7. The molecule has 0 radical (unpaired) electrons. The molecule has 0 spiro atoms. The smallest absolute Gasteiger partial charge is 0.243 e. The molecule has 0 unspecified atom stereocenters. The van der Waals surface area contributed by atoms with Gasteiger partial charge in [-0.05, 0) is 63.7 Å². The first-order valence-corrected chi connectivity index (χ1v) is 19.9. The second-order valence-electron chi connectivity index (χ2n) is 16.2. The highest BCUT2D eigenvalue weighted by atomic mass is 16.2. The van der Waals surface area contributed by atoms with Gasteiger partial charge in [-0.1, -0.05) is 61.8 Å². The van der Waals surface area contributed by atoms with Gasteiger partial charge in [-0.15, -0.1) is 0 Å². The SMILES string of the molecule is CC[C@H](C)[C@H](NC(=O)[C@H](C)N)C(=O)N[C@@H](CC(C)C)C(=O)N[C@@H](Cc1cnc[nH]1)C(=O)N[C@@H](C)C(=O)N[C@@H](CC(C)C)C(=O)N[C@@H](CC(C)C)C(=O)N[C@@H](C)C=O. The van der Waals surface area contributed by atoms with Gasteiger partial charge in [0.05, 0.1) is 18.4 Å². The molecule has 0 aliphatic carbocycles. The number of nitrogens with zero attached hydrogens (tertiary/aromatic N) is 1. The maximum atomic E-state index is 13.9. The first-order chi connectivity index (χ1) is 26.6. The molecule has 322 valence electrons. The molecule has 0 aliphatic rings. The summed E-state index contributed by atoms with van der Waals surface area (Å²) in [4.78, 5) is 112. The normalized spacial score (nSPS) is 16.1. The lowest BCUT2D eigenvalue weighted by Crippen LogP contribution is -2.60. The minimum Gasteiger partial charge on any atom is -0.348 e. The average Bonchev–Trinajstić information content (AvgIpc) is 3.64. The number of nitrogens with one attached hydrogen (secondary N) is 8. The van der Waals surface area contributed by atoms with E-state index in [0.29, 0.717) is 18.4 Å². The van der Waals surface area contributed by atoms with Gasteiger partial charge < -0.3 is 52.7 Å². The lowest BCUT2D eigenvalue weighted by Gasteiger charge is -2.29. The second kappa shape index (κ2) is 24.7. The van der Waals surface area contributed by atoms with E-state index in [4.69, 9.17) is 5.73 Å². The Kier molecular flexibility index (Phi) is 21.7. The van der Waals surface area contributed by atoms with E-state index in [1.165, 1.54) is 33.3 Å². The van der Waals surface area contributed by atoms with Crippen molar-refractivity contribution >= 4 is 47.6 Å². The molecule has 0 bridgehead atoms. The number of carbonyl (C=O) groups excluding carboxylic acids is 8. The monoisotopic (exact) mass is 805 g/mol. The van der Waals surface area contributed by atoms with E-state index in [2.05, 4.69) is 47.2 Å². The zero-order chi connectivity index (χ0) is 43.6. The van der Waals surface area contributed by atoms with Crippen LogP contribution in [0.25, 0.3) is 0 Å². The highest BCUT2D eigenvalue weighted by Crippen LogP contribution is 2.13. The van der Waals surface area contributed by atoms with Crippen molar-refractivity contribution in [1.29, 1.82) is 0 Å². The zero-order valence-corrected chi connectivity index (χ0v) is 35.5. The summed E-state index contributed by atoms with van der Waals surface area (Å²) in [6, 6.07) is -8.12. The number of H-pyrrole nitrogens is 1. The van der Waals surface area contributed by atoms with E-state index in [0.717, 1.165) is 0 Å². The second-order valence-corrected chi connectivity index (χ2v) is 16.2. The van der Waals surface area contributed by atoms with Gasteiger partial charge in [0.25, 0.3) is 0 Å². The molecule has 9 atom stereocenters. The summed E-state index contributed by atoms with van der Waals surface area (Å²) < 4.78 is 0.